The van der Waals surface area contributed by atoms with Crippen molar-refractivity contribution < 1.29 is 32.4 Å². The predicted octanol–water partition coefficient (Wildman–Crippen LogP) is 2.99. The van der Waals surface area contributed by atoms with E-state index in [1.54, 1.807) is 18.6 Å². The Morgan fingerprint density at radius 2 is 1.90 bits per heavy atom. The van der Waals surface area contributed by atoms with Crippen LogP contribution in [0.1, 0.15) is 16.9 Å². The van der Waals surface area contributed by atoms with E-state index in [2.05, 4.69) is 15.5 Å². The fourth-order valence-corrected chi connectivity index (χ4v) is 2.09. The highest BCUT2D eigenvalue weighted by Crippen LogP contribution is 2.19. The fraction of sp³-hybridized carbons (Fsp3) is 0.222. The molecule has 8 nitrogen and oxygen atoms in total. The number of carboxylic acids is 1. The highest BCUT2D eigenvalue weighted by molar-refractivity contribution is 5.93. The first-order chi connectivity index (χ1) is 13.8. The summed E-state index contributed by atoms with van der Waals surface area (Å²) < 4.78 is 38.9. The maximum atomic E-state index is 12.0. The molecule has 2 N–H and O–H groups in total. The van der Waals surface area contributed by atoms with Crippen LogP contribution in [0.4, 0.5) is 13.2 Å². The van der Waals surface area contributed by atoms with Crippen molar-refractivity contribution in [1.82, 2.24) is 20.0 Å². The van der Waals surface area contributed by atoms with Gasteiger partial charge in [0, 0.05) is 37.1 Å². The number of amides is 1. The minimum atomic E-state index is -5.08. The predicted molar refractivity (Wildman–Crippen MR) is 94.8 cm³/mol. The molecule has 0 saturated carbocycles. The maximum absolute atomic E-state index is 12.0. The van der Waals surface area contributed by atoms with Crippen molar-refractivity contribution in [2.75, 3.05) is 6.54 Å². The van der Waals surface area contributed by atoms with Crippen LogP contribution >= 0.6 is 0 Å². The molecule has 2 heterocycles. The van der Waals surface area contributed by atoms with E-state index in [9.17, 15) is 18.0 Å². The normalized spacial score (nSPS) is 10.7. The average Bonchev–Trinajstić information content (AvgIpc) is 3.37. The lowest BCUT2D eigenvalue weighted by Crippen LogP contribution is -2.25. The Morgan fingerprint density at radius 3 is 2.48 bits per heavy atom. The van der Waals surface area contributed by atoms with Crippen LogP contribution in [0.5, 0.6) is 0 Å². The molecule has 0 aliphatic carbocycles. The van der Waals surface area contributed by atoms with Crippen LogP contribution in [0.25, 0.3) is 11.3 Å². The first-order valence-electron chi connectivity index (χ1n) is 8.33. The van der Waals surface area contributed by atoms with Gasteiger partial charge in [-0.15, -0.1) is 0 Å². The van der Waals surface area contributed by atoms with Crippen LogP contribution in [0, 0.1) is 0 Å². The number of carbonyl (C=O) groups excluding carboxylic acids is 1. The number of imidazole rings is 1. The van der Waals surface area contributed by atoms with Crippen molar-refractivity contribution in [2.45, 2.75) is 19.1 Å². The van der Waals surface area contributed by atoms with Crippen LogP contribution in [0.15, 0.2) is 59.6 Å². The second kappa shape index (κ2) is 10.1. The molecule has 3 aromatic rings. The number of aliphatic carboxylic acids is 1. The summed E-state index contributed by atoms with van der Waals surface area (Å²) in [6.07, 6.45) is 1.13. The van der Waals surface area contributed by atoms with Crippen molar-refractivity contribution in [2.24, 2.45) is 0 Å². The number of halogens is 3. The average molecular weight is 410 g/mol. The van der Waals surface area contributed by atoms with Gasteiger partial charge in [0.15, 0.2) is 11.5 Å². The second-order valence-electron chi connectivity index (χ2n) is 5.66. The summed E-state index contributed by atoms with van der Waals surface area (Å²) in [6, 6.07) is 11.2. The maximum Gasteiger partial charge on any atom is 0.490 e. The highest BCUT2D eigenvalue weighted by Gasteiger charge is 2.38. The fourth-order valence-electron chi connectivity index (χ4n) is 2.09. The molecular weight excluding hydrogens is 393 g/mol. The number of alkyl halides is 3. The third-order valence-electron chi connectivity index (χ3n) is 3.48. The molecule has 0 radical (unpaired) electrons. The Balaban J connectivity index is 0.000000370. The third kappa shape index (κ3) is 7.13. The summed E-state index contributed by atoms with van der Waals surface area (Å²) in [5.74, 6) is -2.40. The highest BCUT2D eigenvalue weighted by atomic mass is 19.4. The van der Waals surface area contributed by atoms with Gasteiger partial charge < -0.3 is 19.5 Å². The Hall–Kier alpha value is -3.63. The lowest BCUT2D eigenvalue weighted by atomic mass is 10.1. The molecular formula is C18H17F3N4O4. The first-order valence-corrected chi connectivity index (χ1v) is 8.33. The Kier molecular flexibility index (Phi) is 7.52. The van der Waals surface area contributed by atoms with E-state index in [4.69, 9.17) is 14.4 Å². The standard InChI is InChI=1S/C16H16N4O2.C2HF3O2/c21-16(18-7-4-9-20-10-8-17-12-20)14-11-15(22-19-14)13-5-2-1-3-6-13;3-2(4,5)1(6)7/h1-3,5-6,8,10-12H,4,7,9H2,(H,18,21);(H,6,7). The quantitative estimate of drug-likeness (QED) is 0.605. The van der Waals surface area contributed by atoms with Gasteiger partial charge in [-0.3, -0.25) is 4.79 Å². The van der Waals surface area contributed by atoms with Crippen LogP contribution < -0.4 is 5.32 Å². The molecule has 2 aromatic heterocycles. The number of aromatic nitrogens is 3. The van der Waals surface area contributed by atoms with Crippen molar-refractivity contribution in [3.05, 3.63) is 60.8 Å². The van der Waals surface area contributed by atoms with Gasteiger partial charge >= 0.3 is 12.1 Å². The van der Waals surface area contributed by atoms with Gasteiger partial charge in [-0.05, 0) is 6.42 Å². The van der Waals surface area contributed by atoms with Crippen LogP contribution in [0.3, 0.4) is 0 Å². The molecule has 1 amide bonds. The molecule has 11 heteroatoms. The molecule has 0 atom stereocenters. The summed E-state index contributed by atoms with van der Waals surface area (Å²) in [5.41, 5.74) is 1.19. The smallest absolute Gasteiger partial charge is 0.475 e. The molecule has 0 aliphatic rings. The van der Waals surface area contributed by atoms with Gasteiger partial charge in [-0.1, -0.05) is 35.5 Å². The van der Waals surface area contributed by atoms with E-state index in [1.165, 1.54) is 0 Å². The number of nitrogens with one attached hydrogen (secondary N) is 1. The lowest BCUT2D eigenvalue weighted by molar-refractivity contribution is -0.192. The summed E-state index contributed by atoms with van der Waals surface area (Å²) >= 11 is 0. The van der Waals surface area contributed by atoms with Crippen LogP contribution in [-0.2, 0) is 11.3 Å². The lowest BCUT2D eigenvalue weighted by Gasteiger charge is -2.03. The van der Waals surface area contributed by atoms with Crippen molar-refractivity contribution >= 4 is 11.9 Å². The summed E-state index contributed by atoms with van der Waals surface area (Å²) in [7, 11) is 0. The first kappa shape index (κ1) is 21.7. The van der Waals surface area contributed by atoms with E-state index in [0.29, 0.717) is 18.0 Å². The zero-order valence-corrected chi connectivity index (χ0v) is 15.0. The van der Waals surface area contributed by atoms with E-state index >= 15 is 0 Å². The van der Waals surface area contributed by atoms with Gasteiger partial charge in [0.1, 0.15) is 0 Å². The van der Waals surface area contributed by atoms with Gasteiger partial charge in [0.2, 0.25) is 0 Å². The SMILES string of the molecule is O=C(NCCCn1ccnc1)c1cc(-c2ccccc2)on1.O=C(O)C(F)(F)F. The molecule has 0 spiro atoms. The minimum Gasteiger partial charge on any atom is -0.475 e. The van der Waals surface area contributed by atoms with E-state index in [-0.39, 0.29) is 5.91 Å². The summed E-state index contributed by atoms with van der Waals surface area (Å²) in [6.45, 7) is 1.39. The number of carbonyl (C=O) groups is 2. The molecule has 1 aromatic carbocycles. The number of carboxylic acid groups (broad SMARTS) is 1. The zero-order valence-electron chi connectivity index (χ0n) is 15.0. The number of rotatable bonds is 6. The van der Waals surface area contributed by atoms with Crippen LogP contribution in [0.2, 0.25) is 0 Å². The molecule has 0 bridgehead atoms. The second-order valence-corrected chi connectivity index (χ2v) is 5.66. The van der Waals surface area contributed by atoms with E-state index < -0.39 is 12.1 Å². The van der Waals surface area contributed by atoms with Gasteiger partial charge in [0.25, 0.3) is 5.91 Å². The van der Waals surface area contributed by atoms with Gasteiger partial charge in [-0.25, -0.2) is 9.78 Å². The number of nitrogens with zero attached hydrogens (tertiary/aromatic N) is 3. The largest absolute Gasteiger partial charge is 0.490 e. The summed E-state index contributed by atoms with van der Waals surface area (Å²) in [4.78, 5) is 24.9. The third-order valence-corrected chi connectivity index (χ3v) is 3.48. The Morgan fingerprint density at radius 1 is 1.21 bits per heavy atom. The monoisotopic (exact) mass is 410 g/mol. The molecule has 0 aliphatic heterocycles. The molecule has 29 heavy (non-hydrogen) atoms. The number of benzene rings is 1. The zero-order chi connectivity index (χ0) is 21.3. The Labute approximate surface area is 163 Å². The minimum absolute atomic E-state index is 0.225. The Bertz CT molecular complexity index is 909. The number of hydrogen-bond acceptors (Lipinski definition) is 5. The van der Waals surface area contributed by atoms with E-state index in [0.717, 1.165) is 18.5 Å². The number of hydrogen-bond donors (Lipinski definition) is 2. The van der Waals surface area contributed by atoms with Crippen molar-refractivity contribution in [3.8, 4) is 11.3 Å². The van der Waals surface area contributed by atoms with Gasteiger partial charge in [0.05, 0.1) is 6.33 Å². The van der Waals surface area contributed by atoms with Gasteiger partial charge in [-0.2, -0.15) is 13.2 Å². The van der Waals surface area contributed by atoms with Crippen molar-refractivity contribution in [3.63, 3.8) is 0 Å². The molecule has 0 saturated heterocycles. The van der Waals surface area contributed by atoms with E-state index in [1.807, 2.05) is 41.1 Å². The number of aryl methyl sites for hydroxylation is 1. The summed E-state index contributed by atoms with van der Waals surface area (Å²) in [5, 5.41) is 13.8. The van der Waals surface area contributed by atoms with Crippen LogP contribution in [-0.4, -0.2) is 44.4 Å². The van der Waals surface area contributed by atoms with Crippen molar-refractivity contribution in [1.29, 1.82) is 0 Å². The molecule has 3 rings (SSSR count). The molecule has 0 fully saturated rings. The molecule has 0 unspecified atom stereocenters. The molecule has 154 valence electrons. The topological polar surface area (TPSA) is 110 Å².